The Labute approximate surface area is 330 Å². The van der Waals surface area contributed by atoms with Crippen LogP contribution in [0.1, 0.15) is 60.1 Å². The average molecular weight is 855 g/mol. The highest BCUT2D eigenvalue weighted by molar-refractivity contribution is 7.48. The van der Waals surface area contributed by atoms with Crippen molar-refractivity contribution in [1.82, 2.24) is 29.5 Å². The second-order valence-corrected chi connectivity index (χ2v) is 22.6. The predicted molar refractivity (Wildman–Crippen MR) is 206 cm³/mol. The van der Waals surface area contributed by atoms with Crippen LogP contribution < -0.4 is 16.2 Å². The number of aromatic amines is 1. The predicted octanol–water partition coefficient (Wildman–Crippen LogP) is 4.15. The topological polar surface area (TPSA) is 284 Å². The van der Waals surface area contributed by atoms with E-state index >= 15 is 0 Å². The molecular weight excluding hydrogens is 804 g/mol. The van der Waals surface area contributed by atoms with Crippen LogP contribution in [0.3, 0.4) is 0 Å². The number of aliphatic hydroxyl groups excluding tert-OH is 1. The molecule has 2 aliphatic rings. The summed E-state index contributed by atoms with van der Waals surface area (Å²) in [5.74, 6) is -1.07. The molecule has 0 aromatic carbocycles. The number of ether oxygens (including phenoxy) is 1. The summed E-state index contributed by atoms with van der Waals surface area (Å²) in [7, 11) is -10.4. The number of nitrogens with one attached hydrogen (secondary N) is 3. The smallest absolute Gasteiger partial charge is 0.408 e. The number of imidazole rings is 1. The Morgan fingerprint density at radius 3 is 2.63 bits per heavy atom. The molecule has 1 aliphatic carbocycles. The fourth-order valence-corrected chi connectivity index (χ4v) is 9.35. The minimum atomic E-state index is -4.71. The molecule has 4 heterocycles. The molecule has 3 aromatic rings. The molecule has 5 N–H and O–H groups in total. The summed E-state index contributed by atoms with van der Waals surface area (Å²) < 4.78 is 64.5. The van der Waals surface area contributed by atoms with Gasteiger partial charge in [-0.25, -0.2) is 19.5 Å². The van der Waals surface area contributed by atoms with Crippen molar-refractivity contribution in [3.63, 3.8) is 0 Å². The third-order valence-corrected chi connectivity index (χ3v) is 16.5. The lowest BCUT2D eigenvalue weighted by molar-refractivity contribution is -0.118. The number of hydrogen-bond donors (Lipinski definition) is 5. The molecular formula is C33H50N9O12P2Si+. The fourth-order valence-electron chi connectivity index (χ4n) is 6.13. The number of H-pyrrole nitrogens is 1. The summed E-state index contributed by atoms with van der Waals surface area (Å²) >= 11 is 0. The highest BCUT2D eigenvalue weighted by Crippen LogP contribution is 2.56. The third kappa shape index (κ3) is 10.9. The maximum absolute atomic E-state index is 14.8. The standard InChI is InChI=1S/C33H49N9O12P2Si/c1-19(2)29(44)40-32-39-28-25(30(45)41-32)37-18-42(28)31-27(26(23(15-43)51-31)54-57(6,7)33(3,4)5)53-56(48,49-12-8-10-34)50-16-20-13-21(14-22(20)52-55(46)47)38-24-9-11-35-17-36-24/h9,11,17-23,26-27,31,43H,8,12-16H2,1-7H3,(H3-,35,36,38,39,40,41,44,45,46,47)/p+1/t20-,21-,22+,23-,26?,27-,31-,56?/m1/s1. The first-order valence-corrected chi connectivity index (χ1v) is 23.9. The number of hydrogen-bond acceptors (Lipinski definition) is 17. The van der Waals surface area contributed by atoms with Gasteiger partial charge in [0, 0.05) is 28.6 Å². The van der Waals surface area contributed by atoms with E-state index in [-0.39, 0.29) is 54.2 Å². The largest absolute Gasteiger partial charge is 0.695 e. The van der Waals surface area contributed by atoms with Crippen molar-refractivity contribution in [3.8, 4) is 6.07 Å². The van der Waals surface area contributed by atoms with Gasteiger partial charge in [0.25, 0.3) is 5.56 Å². The summed E-state index contributed by atoms with van der Waals surface area (Å²) in [6, 6.07) is 3.31. The van der Waals surface area contributed by atoms with Crippen LogP contribution in [-0.4, -0.2) is 104 Å². The molecule has 0 spiro atoms. The number of amides is 1. The lowest BCUT2D eigenvalue weighted by Gasteiger charge is -2.40. The Bertz CT molecular complexity index is 2030. The molecule has 0 radical (unpaired) electrons. The summed E-state index contributed by atoms with van der Waals surface area (Å²) in [6.45, 7) is 12.1. The number of phosphoric acid groups is 1. The Morgan fingerprint density at radius 2 is 2.00 bits per heavy atom. The van der Waals surface area contributed by atoms with E-state index in [0.717, 1.165) is 0 Å². The van der Waals surface area contributed by atoms with E-state index in [0.29, 0.717) is 12.2 Å². The number of nitrogens with zero attached hydrogens (tertiary/aromatic N) is 6. The lowest BCUT2D eigenvalue weighted by Crippen LogP contribution is -2.50. The van der Waals surface area contributed by atoms with E-state index in [2.05, 4.69) is 35.6 Å². The van der Waals surface area contributed by atoms with Crippen molar-refractivity contribution in [2.75, 3.05) is 30.5 Å². The molecule has 1 amide bonds. The number of carbonyl (C=O) groups is 1. The van der Waals surface area contributed by atoms with E-state index in [1.807, 2.05) is 39.9 Å². The molecule has 0 bridgehead atoms. The number of nitriles is 1. The number of rotatable bonds is 18. The van der Waals surface area contributed by atoms with Gasteiger partial charge in [-0.2, -0.15) is 10.2 Å². The maximum atomic E-state index is 14.8. The first kappa shape index (κ1) is 44.5. The molecule has 9 atom stereocenters. The average Bonchev–Trinajstić information content (AvgIpc) is 3.82. The Kier molecular flexibility index (Phi) is 14.5. The molecule has 3 aromatic heterocycles. The van der Waals surface area contributed by atoms with E-state index < -0.39 is 84.9 Å². The van der Waals surface area contributed by atoms with Crippen molar-refractivity contribution in [2.45, 2.75) is 109 Å². The van der Waals surface area contributed by atoms with Gasteiger partial charge in [0.05, 0.1) is 38.6 Å². The van der Waals surface area contributed by atoms with Gasteiger partial charge in [-0.15, -0.1) is 9.42 Å². The van der Waals surface area contributed by atoms with Crippen LogP contribution >= 0.6 is 16.1 Å². The van der Waals surface area contributed by atoms with Crippen LogP contribution in [-0.2, 0) is 41.2 Å². The normalized spacial score (nSPS) is 25.4. The SMILES string of the molecule is CC(C)C(=O)Nc1nc2c(ncn2[C@@H]2O[C@H](CO)C(O[Si](C)(C)C(C)(C)C)[C@H]2OP(=O)(OCCC#N)OC[C@H]2C[C@@H](Nc3ccncn3)C[C@@H]2O[P+](=O)O)c(=O)[nH]1. The van der Waals surface area contributed by atoms with Gasteiger partial charge in [0.2, 0.25) is 11.9 Å². The molecule has 1 saturated carbocycles. The van der Waals surface area contributed by atoms with E-state index in [1.54, 1.807) is 26.1 Å². The molecule has 312 valence electrons. The highest BCUT2D eigenvalue weighted by Gasteiger charge is 2.55. The van der Waals surface area contributed by atoms with E-state index in [1.165, 1.54) is 17.2 Å². The van der Waals surface area contributed by atoms with Crippen LogP contribution in [0.25, 0.3) is 11.2 Å². The number of fused-ring (bicyclic) bond motifs is 1. The van der Waals surface area contributed by atoms with Gasteiger partial charge in [0.1, 0.15) is 36.6 Å². The van der Waals surface area contributed by atoms with E-state index in [9.17, 15) is 34.0 Å². The van der Waals surface area contributed by atoms with Crippen LogP contribution in [0.15, 0.2) is 29.7 Å². The number of phosphoric ester groups is 1. The monoisotopic (exact) mass is 854 g/mol. The minimum absolute atomic E-state index is 0.0338. The summed E-state index contributed by atoms with van der Waals surface area (Å²) in [6.07, 6.45) is -1.05. The van der Waals surface area contributed by atoms with Gasteiger partial charge in [-0.3, -0.25) is 38.0 Å². The summed E-state index contributed by atoms with van der Waals surface area (Å²) in [4.78, 5) is 54.6. The fraction of sp³-hybridized carbons (Fsp3) is 0.667. The van der Waals surface area contributed by atoms with Crippen LogP contribution in [0.4, 0.5) is 11.8 Å². The molecule has 24 heteroatoms. The molecule has 1 aliphatic heterocycles. The lowest BCUT2D eigenvalue weighted by atomic mass is 10.1. The van der Waals surface area contributed by atoms with Gasteiger partial charge in [-0.05, 0) is 37.0 Å². The Morgan fingerprint density at radius 1 is 1.25 bits per heavy atom. The van der Waals surface area contributed by atoms with Crippen molar-refractivity contribution >= 4 is 53.2 Å². The maximum Gasteiger partial charge on any atom is 0.695 e. The zero-order valence-corrected chi connectivity index (χ0v) is 35.5. The zero-order valence-electron chi connectivity index (χ0n) is 32.7. The third-order valence-electron chi connectivity index (χ3n) is 10.1. The number of carbonyl (C=O) groups excluding carboxylic acids is 1. The second-order valence-electron chi connectivity index (χ2n) is 15.6. The quantitative estimate of drug-likeness (QED) is 0.0682. The van der Waals surface area contributed by atoms with Gasteiger partial charge >= 0.3 is 16.1 Å². The van der Waals surface area contributed by atoms with Gasteiger partial charge in [0.15, 0.2) is 25.7 Å². The van der Waals surface area contributed by atoms with Crippen LogP contribution in [0.5, 0.6) is 0 Å². The zero-order chi connectivity index (χ0) is 41.7. The number of aromatic nitrogens is 6. The van der Waals surface area contributed by atoms with Gasteiger partial charge < -0.3 is 19.6 Å². The van der Waals surface area contributed by atoms with Crippen molar-refractivity contribution in [2.24, 2.45) is 11.8 Å². The Balaban J connectivity index is 1.52. The Hall–Kier alpha value is -3.58. The molecule has 21 nitrogen and oxygen atoms in total. The van der Waals surface area contributed by atoms with Crippen molar-refractivity contribution < 1.29 is 51.2 Å². The summed E-state index contributed by atoms with van der Waals surface area (Å²) in [5.41, 5.74) is -0.813. The van der Waals surface area contributed by atoms with Crippen LogP contribution in [0.2, 0.25) is 18.1 Å². The minimum Gasteiger partial charge on any atom is -0.408 e. The van der Waals surface area contributed by atoms with Crippen molar-refractivity contribution in [1.29, 1.82) is 5.26 Å². The molecule has 57 heavy (non-hydrogen) atoms. The van der Waals surface area contributed by atoms with Crippen molar-refractivity contribution in [3.05, 3.63) is 35.3 Å². The molecule has 1 saturated heterocycles. The molecule has 3 unspecified atom stereocenters. The van der Waals surface area contributed by atoms with Crippen LogP contribution in [0, 0.1) is 23.2 Å². The first-order valence-electron chi connectivity index (χ1n) is 18.4. The first-order chi connectivity index (χ1) is 26.8. The van der Waals surface area contributed by atoms with E-state index in [4.69, 9.17) is 27.3 Å². The number of anilines is 2. The summed E-state index contributed by atoms with van der Waals surface area (Å²) in [5, 5.41) is 25.4. The van der Waals surface area contributed by atoms with Gasteiger partial charge in [-0.1, -0.05) is 34.6 Å². The number of aliphatic hydroxyl groups is 1. The second kappa shape index (κ2) is 18.6. The molecule has 5 rings (SSSR count). The highest BCUT2D eigenvalue weighted by atomic mass is 31.2. The molecule has 2 fully saturated rings.